The van der Waals surface area contributed by atoms with Gasteiger partial charge < -0.3 is 9.47 Å². The zero-order valence-corrected chi connectivity index (χ0v) is 14.5. The molecular formula is C18H18N2O3S. The van der Waals surface area contributed by atoms with Gasteiger partial charge in [-0.2, -0.15) is 0 Å². The predicted molar refractivity (Wildman–Crippen MR) is 96.1 cm³/mol. The van der Waals surface area contributed by atoms with Crippen molar-refractivity contribution in [2.24, 2.45) is 0 Å². The van der Waals surface area contributed by atoms with Gasteiger partial charge in [0.25, 0.3) is 5.91 Å². The van der Waals surface area contributed by atoms with Crippen molar-refractivity contribution in [1.82, 2.24) is 4.98 Å². The minimum absolute atomic E-state index is 0.242. The molecule has 1 N–H and O–H groups in total. The molecule has 0 fully saturated rings. The molecule has 0 bridgehead atoms. The number of amides is 1. The number of nitrogens with zero attached hydrogens (tertiary/aromatic N) is 1. The molecule has 3 rings (SSSR count). The quantitative estimate of drug-likeness (QED) is 0.761. The zero-order chi connectivity index (χ0) is 17.1. The monoisotopic (exact) mass is 342 g/mol. The second kappa shape index (κ2) is 6.88. The third-order valence-electron chi connectivity index (χ3n) is 3.54. The molecule has 6 heteroatoms. The van der Waals surface area contributed by atoms with E-state index >= 15 is 0 Å². The molecule has 0 aliphatic rings. The zero-order valence-electron chi connectivity index (χ0n) is 13.7. The first-order valence-electron chi connectivity index (χ1n) is 7.54. The maximum Gasteiger partial charge on any atom is 0.266 e. The molecule has 3 aromatic rings. The highest BCUT2D eigenvalue weighted by Gasteiger charge is 2.17. The van der Waals surface area contributed by atoms with Gasteiger partial charge in [-0.15, -0.1) is 0 Å². The van der Waals surface area contributed by atoms with Crippen LogP contribution in [0.15, 0.2) is 42.5 Å². The van der Waals surface area contributed by atoms with E-state index < -0.39 is 6.10 Å². The standard InChI is InChI=1S/C18H18N2O3S/c1-11-7-9-13(10-8-11)23-12(2)17(21)20-18-19-16-14(22-3)5-4-6-15(16)24-18/h4-10,12H,1-3H3,(H,19,20,21). The fourth-order valence-corrected chi connectivity index (χ4v) is 3.11. The summed E-state index contributed by atoms with van der Waals surface area (Å²) in [7, 11) is 1.60. The largest absolute Gasteiger partial charge is 0.494 e. The molecule has 0 saturated heterocycles. The minimum atomic E-state index is -0.624. The molecule has 1 heterocycles. The fraction of sp³-hybridized carbons (Fsp3) is 0.222. The molecule has 0 radical (unpaired) electrons. The van der Waals surface area contributed by atoms with Crippen molar-refractivity contribution in [2.45, 2.75) is 20.0 Å². The second-order valence-electron chi connectivity index (χ2n) is 5.39. The predicted octanol–water partition coefficient (Wildman–Crippen LogP) is 4.02. The van der Waals surface area contributed by atoms with Gasteiger partial charge in [-0.1, -0.05) is 35.1 Å². The summed E-state index contributed by atoms with van der Waals surface area (Å²) < 4.78 is 11.9. The number of methoxy groups -OCH3 is 1. The summed E-state index contributed by atoms with van der Waals surface area (Å²) in [5.41, 5.74) is 1.88. The van der Waals surface area contributed by atoms with E-state index in [-0.39, 0.29) is 5.91 Å². The van der Waals surface area contributed by atoms with E-state index in [0.717, 1.165) is 15.8 Å². The van der Waals surface area contributed by atoms with Gasteiger partial charge in [0.15, 0.2) is 11.2 Å². The molecule has 2 aromatic carbocycles. The number of rotatable bonds is 5. The Morgan fingerprint density at radius 2 is 1.96 bits per heavy atom. The smallest absolute Gasteiger partial charge is 0.266 e. The van der Waals surface area contributed by atoms with Crippen molar-refractivity contribution >= 4 is 32.6 Å². The highest BCUT2D eigenvalue weighted by molar-refractivity contribution is 7.22. The van der Waals surface area contributed by atoms with Crippen LogP contribution in [0.3, 0.4) is 0 Å². The van der Waals surface area contributed by atoms with Gasteiger partial charge in [-0.05, 0) is 38.1 Å². The summed E-state index contributed by atoms with van der Waals surface area (Å²) in [4.78, 5) is 16.7. The van der Waals surface area contributed by atoms with E-state index in [1.54, 1.807) is 14.0 Å². The lowest BCUT2D eigenvalue weighted by Gasteiger charge is -2.13. The first-order valence-corrected chi connectivity index (χ1v) is 8.36. The summed E-state index contributed by atoms with van der Waals surface area (Å²) in [5.74, 6) is 1.11. The Kier molecular flexibility index (Phi) is 4.66. The number of aromatic nitrogens is 1. The first kappa shape index (κ1) is 16.3. The molecule has 1 unspecified atom stereocenters. The third kappa shape index (κ3) is 3.49. The van der Waals surface area contributed by atoms with Gasteiger partial charge in [0.1, 0.15) is 17.0 Å². The Labute approximate surface area is 144 Å². The molecule has 5 nitrogen and oxygen atoms in total. The van der Waals surface area contributed by atoms with E-state index in [4.69, 9.17) is 9.47 Å². The van der Waals surface area contributed by atoms with Gasteiger partial charge in [-0.25, -0.2) is 4.98 Å². The Balaban J connectivity index is 1.70. The third-order valence-corrected chi connectivity index (χ3v) is 4.47. The Morgan fingerprint density at radius 1 is 1.21 bits per heavy atom. The molecule has 24 heavy (non-hydrogen) atoms. The molecule has 1 atom stereocenters. The molecule has 1 aromatic heterocycles. The van der Waals surface area contributed by atoms with Crippen LogP contribution in [0.4, 0.5) is 5.13 Å². The molecule has 0 aliphatic carbocycles. The molecule has 0 spiro atoms. The van der Waals surface area contributed by atoms with Crippen molar-refractivity contribution in [2.75, 3.05) is 12.4 Å². The Bertz CT molecular complexity index is 858. The molecule has 0 saturated carbocycles. The van der Waals surface area contributed by atoms with E-state index in [1.807, 2.05) is 49.4 Å². The van der Waals surface area contributed by atoms with Crippen LogP contribution < -0.4 is 14.8 Å². The van der Waals surface area contributed by atoms with Gasteiger partial charge >= 0.3 is 0 Å². The van der Waals surface area contributed by atoms with Crippen molar-refractivity contribution in [1.29, 1.82) is 0 Å². The average Bonchev–Trinajstić information content (AvgIpc) is 2.99. The van der Waals surface area contributed by atoms with E-state index in [0.29, 0.717) is 16.6 Å². The van der Waals surface area contributed by atoms with Crippen LogP contribution in [0.5, 0.6) is 11.5 Å². The van der Waals surface area contributed by atoms with Crippen LogP contribution in [0, 0.1) is 6.92 Å². The van der Waals surface area contributed by atoms with E-state index in [9.17, 15) is 4.79 Å². The van der Waals surface area contributed by atoms with Gasteiger partial charge in [0, 0.05) is 0 Å². The highest BCUT2D eigenvalue weighted by Crippen LogP contribution is 2.32. The van der Waals surface area contributed by atoms with Crippen LogP contribution in [-0.2, 0) is 4.79 Å². The lowest BCUT2D eigenvalue weighted by atomic mass is 10.2. The van der Waals surface area contributed by atoms with Gasteiger partial charge in [0.05, 0.1) is 11.8 Å². The number of benzene rings is 2. The summed E-state index contributed by atoms with van der Waals surface area (Å²) in [5, 5.41) is 3.33. The topological polar surface area (TPSA) is 60.5 Å². The first-order chi connectivity index (χ1) is 11.6. The average molecular weight is 342 g/mol. The SMILES string of the molecule is COc1cccc2sc(NC(=O)C(C)Oc3ccc(C)cc3)nc12. The van der Waals surface area contributed by atoms with Crippen molar-refractivity contribution in [3.8, 4) is 11.5 Å². The number of nitrogens with one attached hydrogen (secondary N) is 1. The number of thiazole rings is 1. The molecule has 1 amide bonds. The van der Waals surface area contributed by atoms with Gasteiger partial charge in [0.2, 0.25) is 0 Å². The van der Waals surface area contributed by atoms with Crippen LogP contribution in [0.1, 0.15) is 12.5 Å². The van der Waals surface area contributed by atoms with Crippen LogP contribution >= 0.6 is 11.3 Å². The van der Waals surface area contributed by atoms with Crippen molar-refractivity contribution in [3.05, 3.63) is 48.0 Å². The maximum absolute atomic E-state index is 12.3. The number of hydrogen-bond acceptors (Lipinski definition) is 5. The molecule has 0 aliphatic heterocycles. The lowest BCUT2D eigenvalue weighted by Crippen LogP contribution is -2.30. The lowest BCUT2D eigenvalue weighted by molar-refractivity contribution is -0.122. The number of ether oxygens (including phenoxy) is 2. The van der Waals surface area contributed by atoms with E-state index in [1.165, 1.54) is 11.3 Å². The normalized spacial score (nSPS) is 12.0. The van der Waals surface area contributed by atoms with Crippen LogP contribution in [0.25, 0.3) is 10.2 Å². The van der Waals surface area contributed by atoms with Crippen LogP contribution in [-0.4, -0.2) is 24.1 Å². The fourth-order valence-electron chi connectivity index (χ4n) is 2.22. The van der Waals surface area contributed by atoms with Crippen LogP contribution in [0.2, 0.25) is 0 Å². The number of aryl methyl sites for hydroxylation is 1. The van der Waals surface area contributed by atoms with Crippen molar-refractivity contribution < 1.29 is 14.3 Å². The maximum atomic E-state index is 12.3. The molecular weight excluding hydrogens is 324 g/mol. The number of para-hydroxylation sites is 1. The number of carbonyl (C=O) groups is 1. The summed E-state index contributed by atoms with van der Waals surface area (Å²) in [6, 6.07) is 13.3. The van der Waals surface area contributed by atoms with Gasteiger partial charge in [-0.3, -0.25) is 10.1 Å². The number of fused-ring (bicyclic) bond motifs is 1. The molecule has 124 valence electrons. The number of carbonyl (C=O) groups excluding carboxylic acids is 1. The summed E-state index contributed by atoms with van der Waals surface area (Å²) >= 11 is 1.40. The summed E-state index contributed by atoms with van der Waals surface area (Å²) in [6.07, 6.45) is -0.624. The number of hydrogen-bond donors (Lipinski definition) is 1. The highest BCUT2D eigenvalue weighted by atomic mass is 32.1. The minimum Gasteiger partial charge on any atom is -0.494 e. The Hall–Kier alpha value is -2.60. The van der Waals surface area contributed by atoms with E-state index in [2.05, 4.69) is 10.3 Å². The number of anilines is 1. The summed E-state index contributed by atoms with van der Waals surface area (Å²) in [6.45, 7) is 3.71. The second-order valence-corrected chi connectivity index (χ2v) is 6.42. The Morgan fingerprint density at radius 3 is 2.67 bits per heavy atom. The van der Waals surface area contributed by atoms with Crippen molar-refractivity contribution in [3.63, 3.8) is 0 Å².